The number of rotatable bonds is 10. The normalized spacial score (nSPS) is 10.8. The molecule has 26 heavy (non-hydrogen) atoms. The van der Waals surface area contributed by atoms with Crippen LogP contribution in [0.25, 0.3) is 6.08 Å². The summed E-state index contributed by atoms with van der Waals surface area (Å²) in [5.74, 6) is -0.475. The van der Waals surface area contributed by atoms with Gasteiger partial charge in [0.1, 0.15) is 6.54 Å². The van der Waals surface area contributed by atoms with Crippen molar-refractivity contribution in [1.82, 2.24) is 9.88 Å². The van der Waals surface area contributed by atoms with Gasteiger partial charge in [-0.1, -0.05) is 30.3 Å². The molecule has 1 heterocycles. The van der Waals surface area contributed by atoms with E-state index in [9.17, 15) is 9.59 Å². The number of amides is 2. The maximum atomic E-state index is 12.5. The van der Waals surface area contributed by atoms with Gasteiger partial charge in [0.15, 0.2) is 5.13 Å². The third-order valence-corrected chi connectivity index (χ3v) is 4.15. The van der Waals surface area contributed by atoms with Gasteiger partial charge in [-0.25, -0.2) is 4.98 Å². The molecule has 1 N–H and O–H groups in total. The second kappa shape index (κ2) is 11.2. The van der Waals surface area contributed by atoms with Crippen LogP contribution in [0.5, 0.6) is 0 Å². The summed E-state index contributed by atoms with van der Waals surface area (Å²) in [6.07, 6.45) is 5.53. The minimum Gasteiger partial charge on any atom is -0.382 e. The zero-order chi connectivity index (χ0) is 18.6. The van der Waals surface area contributed by atoms with E-state index in [0.717, 1.165) is 5.56 Å². The van der Waals surface area contributed by atoms with Gasteiger partial charge in [0.05, 0.1) is 0 Å². The molecule has 0 atom stereocenters. The SMILES string of the molecule is CCOCCCN(CC(=O)Nc1nccs1)C(=O)C=Cc1ccccc1. The highest BCUT2D eigenvalue weighted by atomic mass is 32.1. The van der Waals surface area contributed by atoms with Crippen molar-refractivity contribution in [2.75, 3.05) is 31.6 Å². The summed E-state index contributed by atoms with van der Waals surface area (Å²) in [4.78, 5) is 30.3. The maximum Gasteiger partial charge on any atom is 0.247 e. The monoisotopic (exact) mass is 373 g/mol. The van der Waals surface area contributed by atoms with Crippen molar-refractivity contribution in [2.24, 2.45) is 0 Å². The van der Waals surface area contributed by atoms with E-state index in [4.69, 9.17) is 4.74 Å². The number of carbonyl (C=O) groups is 2. The Morgan fingerprint density at radius 1 is 1.31 bits per heavy atom. The molecule has 138 valence electrons. The quantitative estimate of drug-likeness (QED) is 0.513. The molecule has 0 unspecified atom stereocenters. The molecular weight excluding hydrogens is 350 g/mol. The van der Waals surface area contributed by atoms with Gasteiger partial charge in [-0.15, -0.1) is 11.3 Å². The molecule has 2 rings (SSSR count). The van der Waals surface area contributed by atoms with Crippen molar-refractivity contribution in [1.29, 1.82) is 0 Å². The van der Waals surface area contributed by atoms with Gasteiger partial charge in [-0.3, -0.25) is 9.59 Å². The van der Waals surface area contributed by atoms with Crippen molar-refractivity contribution < 1.29 is 14.3 Å². The largest absolute Gasteiger partial charge is 0.382 e. The van der Waals surface area contributed by atoms with Gasteiger partial charge in [0.25, 0.3) is 0 Å². The van der Waals surface area contributed by atoms with Crippen LogP contribution in [0.2, 0.25) is 0 Å². The lowest BCUT2D eigenvalue weighted by Crippen LogP contribution is -2.38. The predicted octanol–water partition coefficient (Wildman–Crippen LogP) is 3.05. The fourth-order valence-corrected chi connectivity index (χ4v) is 2.77. The first-order chi connectivity index (χ1) is 12.7. The van der Waals surface area contributed by atoms with E-state index in [1.165, 1.54) is 22.3 Å². The Morgan fingerprint density at radius 2 is 2.12 bits per heavy atom. The summed E-state index contributed by atoms with van der Waals surface area (Å²) in [6, 6.07) is 9.57. The van der Waals surface area contributed by atoms with E-state index in [0.29, 0.717) is 31.3 Å². The van der Waals surface area contributed by atoms with Gasteiger partial charge < -0.3 is 15.0 Å². The first-order valence-electron chi connectivity index (χ1n) is 8.48. The second-order valence-electron chi connectivity index (χ2n) is 5.44. The highest BCUT2D eigenvalue weighted by molar-refractivity contribution is 7.13. The minimum atomic E-state index is -0.266. The summed E-state index contributed by atoms with van der Waals surface area (Å²) < 4.78 is 5.32. The van der Waals surface area contributed by atoms with Crippen LogP contribution in [0.4, 0.5) is 5.13 Å². The van der Waals surface area contributed by atoms with Crippen molar-refractivity contribution in [2.45, 2.75) is 13.3 Å². The topological polar surface area (TPSA) is 71.5 Å². The van der Waals surface area contributed by atoms with Gasteiger partial charge >= 0.3 is 0 Å². The summed E-state index contributed by atoms with van der Waals surface area (Å²) >= 11 is 1.34. The van der Waals surface area contributed by atoms with Gasteiger partial charge in [-0.05, 0) is 25.0 Å². The number of thiazole rings is 1. The van der Waals surface area contributed by atoms with Crippen LogP contribution in [0.3, 0.4) is 0 Å². The van der Waals surface area contributed by atoms with E-state index in [-0.39, 0.29) is 18.4 Å². The van der Waals surface area contributed by atoms with Crippen molar-refractivity contribution >= 4 is 34.4 Å². The molecular formula is C19H23N3O3S. The van der Waals surface area contributed by atoms with Gasteiger partial charge in [0.2, 0.25) is 11.8 Å². The number of ether oxygens (including phenoxy) is 1. The fraction of sp³-hybridized carbons (Fsp3) is 0.316. The number of hydrogen-bond donors (Lipinski definition) is 1. The molecule has 0 saturated carbocycles. The number of anilines is 1. The summed E-state index contributed by atoms with van der Waals surface area (Å²) in [6.45, 7) is 3.53. The Morgan fingerprint density at radius 3 is 2.81 bits per heavy atom. The average molecular weight is 373 g/mol. The Hall–Kier alpha value is -2.51. The predicted molar refractivity (Wildman–Crippen MR) is 104 cm³/mol. The van der Waals surface area contributed by atoms with Crippen LogP contribution in [0.15, 0.2) is 48.0 Å². The molecule has 1 aromatic heterocycles. The lowest BCUT2D eigenvalue weighted by molar-refractivity contribution is -0.130. The molecule has 0 aliphatic carbocycles. The van der Waals surface area contributed by atoms with E-state index in [2.05, 4.69) is 10.3 Å². The Labute approximate surface area is 157 Å². The third kappa shape index (κ3) is 7.16. The number of aromatic nitrogens is 1. The number of benzene rings is 1. The summed E-state index contributed by atoms with van der Waals surface area (Å²) in [7, 11) is 0. The number of nitrogens with one attached hydrogen (secondary N) is 1. The minimum absolute atomic E-state index is 0.0241. The standard InChI is InChI=1S/C19H23N3O3S/c1-2-25-13-6-12-22(15-17(23)21-19-20-11-14-26-19)18(24)10-9-16-7-4-3-5-8-16/h3-5,7-11,14H,2,6,12-13,15H2,1H3,(H,20,21,23). The van der Waals surface area contributed by atoms with Crippen LogP contribution in [-0.2, 0) is 14.3 Å². The van der Waals surface area contributed by atoms with Crippen molar-refractivity contribution in [3.63, 3.8) is 0 Å². The fourth-order valence-electron chi connectivity index (χ4n) is 2.22. The van der Waals surface area contributed by atoms with Crippen molar-refractivity contribution in [3.05, 3.63) is 53.5 Å². The second-order valence-corrected chi connectivity index (χ2v) is 6.33. The molecule has 2 aromatic rings. The van der Waals surface area contributed by atoms with E-state index < -0.39 is 0 Å². The first-order valence-corrected chi connectivity index (χ1v) is 9.36. The Bertz CT molecular complexity index is 702. The smallest absolute Gasteiger partial charge is 0.247 e. The molecule has 7 heteroatoms. The zero-order valence-electron chi connectivity index (χ0n) is 14.8. The van der Waals surface area contributed by atoms with Crippen LogP contribution >= 0.6 is 11.3 Å². The van der Waals surface area contributed by atoms with E-state index in [1.807, 2.05) is 37.3 Å². The maximum absolute atomic E-state index is 12.5. The first kappa shape index (κ1) is 19.8. The number of hydrogen-bond acceptors (Lipinski definition) is 5. The number of nitrogens with zero attached hydrogens (tertiary/aromatic N) is 2. The van der Waals surface area contributed by atoms with Crippen LogP contribution in [-0.4, -0.2) is 48.0 Å². The summed E-state index contributed by atoms with van der Waals surface area (Å²) in [5, 5.41) is 5.01. The molecule has 0 aliphatic rings. The Kier molecular flexibility index (Phi) is 8.51. The van der Waals surface area contributed by atoms with E-state index >= 15 is 0 Å². The van der Waals surface area contributed by atoms with E-state index in [1.54, 1.807) is 17.7 Å². The molecule has 0 spiro atoms. The van der Waals surface area contributed by atoms with Gasteiger partial charge in [-0.2, -0.15) is 0 Å². The molecule has 0 saturated heterocycles. The molecule has 0 radical (unpaired) electrons. The van der Waals surface area contributed by atoms with Crippen LogP contribution in [0.1, 0.15) is 18.9 Å². The Balaban J connectivity index is 1.95. The molecule has 0 bridgehead atoms. The number of carbonyl (C=O) groups excluding carboxylic acids is 2. The van der Waals surface area contributed by atoms with Gasteiger partial charge in [0, 0.05) is 37.4 Å². The molecule has 2 amide bonds. The molecule has 1 aromatic carbocycles. The molecule has 0 fully saturated rings. The molecule has 6 nitrogen and oxygen atoms in total. The summed E-state index contributed by atoms with van der Waals surface area (Å²) in [5.41, 5.74) is 0.933. The van der Waals surface area contributed by atoms with Crippen molar-refractivity contribution in [3.8, 4) is 0 Å². The zero-order valence-corrected chi connectivity index (χ0v) is 15.6. The van der Waals surface area contributed by atoms with Crippen LogP contribution < -0.4 is 5.32 Å². The van der Waals surface area contributed by atoms with Crippen LogP contribution in [0, 0.1) is 0 Å². The average Bonchev–Trinajstić information content (AvgIpc) is 3.16. The lowest BCUT2D eigenvalue weighted by atomic mass is 10.2. The molecule has 0 aliphatic heterocycles. The highest BCUT2D eigenvalue weighted by Crippen LogP contribution is 2.10. The lowest BCUT2D eigenvalue weighted by Gasteiger charge is -2.20. The third-order valence-electron chi connectivity index (χ3n) is 3.46. The highest BCUT2D eigenvalue weighted by Gasteiger charge is 2.15.